The van der Waals surface area contributed by atoms with Gasteiger partial charge in [-0.3, -0.25) is 0 Å². The third-order valence-corrected chi connectivity index (χ3v) is 8.63. The van der Waals surface area contributed by atoms with Gasteiger partial charge in [-0.05, 0) is 44.5 Å². The molecule has 0 spiro atoms. The van der Waals surface area contributed by atoms with Gasteiger partial charge >= 0.3 is 0 Å². The van der Waals surface area contributed by atoms with Gasteiger partial charge in [-0.1, -0.05) is 50.6 Å². The summed E-state index contributed by atoms with van der Waals surface area (Å²) in [7, 11) is -1.67. The molecule has 3 heteroatoms. The van der Waals surface area contributed by atoms with Crippen molar-refractivity contribution in [2.45, 2.75) is 66.3 Å². The standard InChI is InChI=1S/C18H30O2Si/c1-7-21(8-2,9-3)20-18(15(4)5)19-14-17-12-10-16(6)11-13-17/h10-13H,7-9,14H2,1-6H3. The quantitative estimate of drug-likeness (QED) is 0.447. The Kier molecular flexibility index (Phi) is 7.03. The van der Waals surface area contributed by atoms with Crippen molar-refractivity contribution in [1.82, 2.24) is 0 Å². The maximum absolute atomic E-state index is 6.39. The molecule has 1 aromatic rings. The van der Waals surface area contributed by atoms with Crippen LogP contribution in [0.1, 0.15) is 45.7 Å². The van der Waals surface area contributed by atoms with E-state index < -0.39 is 8.32 Å². The normalized spacial score (nSPS) is 11.1. The van der Waals surface area contributed by atoms with E-state index in [1.807, 2.05) is 0 Å². The van der Waals surface area contributed by atoms with Gasteiger partial charge in [0, 0.05) is 5.57 Å². The van der Waals surface area contributed by atoms with Gasteiger partial charge in [-0.2, -0.15) is 0 Å². The Hall–Kier alpha value is -1.22. The van der Waals surface area contributed by atoms with E-state index in [0.717, 1.165) is 29.7 Å². The predicted octanol–water partition coefficient (Wildman–Crippen LogP) is 5.78. The molecule has 0 aromatic heterocycles. The van der Waals surface area contributed by atoms with Crippen molar-refractivity contribution in [2.24, 2.45) is 0 Å². The minimum Gasteiger partial charge on any atom is -0.519 e. The molecule has 0 amide bonds. The minimum atomic E-state index is -1.67. The fraction of sp³-hybridized carbons (Fsp3) is 0.556. The molecule has 0 saturated heterocycles. The first-order valence-corrected chi connectivity index (χ1v) is 10.5. The monoisotopic (exact) mass is 306 g/mol. The van der Waals surface area contributed by atoms with Crippen LogP contribution >= 0.6 is 0 Å². The zero-order chi connectivity index (χ0) is 15.9. The van der Waals surface area contributed by atoms with Crippen LogP contribution in [-0.4, -0.2) is 8.32 Å². The van der Waals surface area contributed by atoms with Gasteiger partial charge in [-0.25, -0.2) is 0 Å². The van der Waals surface area contributed by atoms with Gasteiger partial charge < -0.3 is 9.16 Å². The van der Waals surface area contributed by atoms with E-state index >= 15 is 0 Å². The summed E-state index contributed by atoms with van der Waals surface area (Å²) < 4.78 is 12.4. The van der Waals surface area contributed by atoms with Crippen molar-refractivity contribution in [3.8, 4) is 0 Å². The fourth-order valence-electron chi connectivity index (χ4n) is 2.27. The molecule has 0 unspecified atom stereocenters. The molecule has 1 aromatic carbocycles. The Morgan fingerprint density at radius 2 is 1.48 bits per heavy atom. The number of benzene rings is 1. The number of aryl methyl sites for hydroxylation is 1. The molecule has 2 nitrogen and oxygen atoms in total. The van der Waals surface area contributed by atoms with E-state index in [1.54, 1.807) is 0 Å². The number of hydrogen-bond acceptors (Lipinski definition) is 2. The number of hydrogen-bond donors (Lipinski definition) is 0. The summed E-state index contributed by atoms with van der Waals surface area (Å²) in [4.78, 5) is 0. The van der Waals surface area contributed by atoms with Gasteiger partial charge in [0.05, 0.1) is 0 Å². The van der Waals surface area contributed by atoms with Crippen molar-refractivity contribution in [2.75, 3.05) is 0 Å². The van der Waals surface area contributed by atoms with Crippen LogP contribution in [0.25, 0.3) is 0 Å². The molecule has 0 heterocycles. The van der Waals surface area contributed by atoms with Crippen LogP contribution in [0, 0.1) is 6.92 Å². The topological polar surface area (TPSA) is 18.5 Å². The molecule has 118 valence electrons. The number of ether oxygens (including phenoxy) is 1. The summed E-state index contributed by atoms with van der Waals surface area (Å²) in [5, 5.41) is 0. The third kappa shape index (κ3) is 5.23. The molecule has 0 atom stereocenters. The van der Waals surface area contributed by atoms with Crippen LogP contribution in [0.15, 0.2) is 35.8 Å². The average Bonchev–Trinajstić information content (AvgIpc) is 2.49. The van der Waals surface area contributed by atoms with E-state index in [1.165, 1.54) is 11.1 Å². The molecule has 0 aliphatic heterocycles. The highest BCUT2D eigenvalue weighted by Gasteiger charge is 2.32. The van der Waals surface area contributed by atoms with Crippen LogP contribution in [0.4, 0.5) is 0 Å². The van der Waals surface area contributed by atoms with Crippen LogP contribution in [-0.2, 0) is 15.8 Å². The van der Waals surface area contributed by atoms with Crippen LogP contribution in [0.3, 0.4) is 0 Å². The maximum Gasteiger partial charge on any atom is 0.264 e. The molecular formula is C18H30O2Si. The lowest BCUT2D eigenvalue weighted by Gasteiger charge is -2.30. The Morgan fingerprint density at radius 1 is 0.952 bits per heavy atom. The van der Waals surface area contributed by atoms with Gasteiger partial charge in [0.2, 0.25) is 0 Å². The molecule has 0 aliphatic rings. The van der Waals surface area contributed by atoms with Crippen molar-refractivity contribution >= 4 is 8.32 Å². The van der Waals surface area contributed by atoms with Crippen LogP contribution in [0.5, 0.6) is 0 Å². The zero-order valence-corrected chi connectivity index (χ0v) is 15.5. The first kappa shape index (κ1) is 17.8. The highest BCUT2D eigenvalue weighted by Crippen LogP contribution is 2.27. The smallest absolute Gasteiger partial charge is 0.264 e. The maximum atomic E-state index is 6.39. The summed E-state index contributed by atoms with van der Waals surface area (Å²) in [5.41, 5.74) is 3.57. The fourth-order valence-corrected chi connectivity index (χ4v) is 4.86. The molecule has 21 heavy (non-hydrogen) atoms. The molecule has 0 aliphatic carbocycles. The lowest BCUT2D eigenvalue weighted by Crippen LogP contribution is -2.36. The second-order valence-electron chi connectivity index (χ2n) is 5.91. The highest BCUT2D eigenvalue weighted by molar-refractivity contribution is 6.73. The van der Waals surface area contributed by atoms with Crippen molar-refractivity contribution in [3.05, 3.63) is 46.9 Å². The Balaban J connectivity index is 2.75. The van der Waals surface area contributed by atoms with Gasteiger partial charge in [-0.15, -0.1) is 0 Å². The summed E-state index contributed by atoms with van der Waals surface area (Å²) in [6.45, 7) is 13.5. The average molecular weight is 307 g/mol. The van der Waals surface area contributed by atoms with E-state index in [9.17, 15) is 0 Å². The zero-order valence-electron chi connectivity index (χ0n) is 14.5. The van der Waals surface area contributed by atoms with E-state index in [0.29, 0.717) is 6.61 Å². The summed E-state index contributed by atoms with van der Waals surface area (Å²) in [6, 6.07) is 11.8. The Labute approximate surface area is 131 Å². The van der Waals surface area contributed by atoms with Gasteiger partial charge in [0.1, 0.15) is 6.61 Å². The van der Waals surface area contributed by atoms with Crippen LogP contribution in [0.2, 0.25) is 18.1 Å². The van der Waals surface area contributed by atoms with Crippen molar-refractivity contribution in [3.63, 3.8) is 0 Å². The third-order valence-electron chi connectivity index (χ3n) is 4.14. The first-order valence-electron chi connectivity index (χ1n) is 8.01. The predicted molar refractivity (Wildman–Crippen MR) is 92.6 cm³/mol. The molecule has 0 radical (unpaired) electrons. The van der Waals surface area contributed by atoms with E-state index in [-0.39, 0.29) is 0 Å². The summed E-state index contributed by atoms with van der Waals surface area (Å²) in [6.07, 6.45) is 0. The second kappa shape index (κ2) is 8.28. The van der Waals surface area contributed by atoms with Crippen LogP contribution < -0.4 is 0 Å². The Morgan fingerprint density at radius 3 is 1.90 bits per heavy atom. The molecule has 0 fully saturated rings. The minimum absolute atomic E-state index is 0.572. The number of rotatable bonds is 8. The molecular weight excluding hydrogens is 276 g/mol. The molecule has 0 saturated carbocycles. The number of allylic oxidation sites excluding steroid dienone is 1. The van der Waals surface area contributed by atoms with Crippen molar-refractivity contribution < 1.29 is 9.16 Å². The first-order chi connectivity index (χ1) is 9.96. The lowest BCUT2D eigenvalue weighted by molar-refractivity contribution is 0.0855. The van der Waals surface area contributed by atoms with Crippen molar-refractivity contribution in [1.29, 1.82) is 0 Å². The second-order valence-corrected chi connectivity index (χ2v) is 10.6. The lowest BCUT2D eigenvalue weighted by atomic mass is 10.2. The summed E-state index contributed by atoms with van der Waals surface area (Å²) >= 11 is 0. The molecule has 0 N–H and O–H groups in total. The molecule has 1 rings (SSSR count). The SMILES string of the molecule is CC[Si](CC)(CC)OC(OCc1ccc(C)cc1)=C(C)C. The highest BCUT2D eigenvalue weighted by atomic mass is 28.4. The van der Waals surface area contributed by atoms with Gasteiger partial charge in [0.25, 0.3) is 14.3 Å². The largest absolute Gasteiger partial charge is 0.519 e. The van der Waals surface area contributed by atoms with E-state index in [4.69, 9.17) is 9.16 Å². The van der Waals surface area contributed by atoms with Gasteiger partial charge in [0.15, 0.2) is 0 Å². The summed E-state index contributed by atoms with van der Waals surface area (Å²) in [5.74, 6) is 0.743. The molecule has 0 bridgehead atoms. The van der Waals surface area contributed by atoms with E-state index in [2.05, 4.69) is 65.8 Å². The Bertz CT molecular complexity index is 446.